The fourth-order valence-corrected chi connectivity index (χ4v) is 2.26. The summed E-state index contributed by atoms with van der Waals surface area (Å²) in [6, 6.07) is 6.01. The number of hydrogen-bond acceptors (Lipinski definition) is 4. The third-order valence-electron chi connectivity index (χ3n) is 4.40. The molecule has 2 rings (SSSR count). The third kappa shape index (κ3) is 5.13. The molecule has 1 N–H and O–H groups in total. The van der Waals surface area contributed by atoms with Crippen LogP contribution in [0, 0.1) is 0 Å². The van der Waals surface area contributed by atoms with Gasteiger partial charge < -0.3 is 19.7 Å². The van der Waals surface area contributed by atoms with Crippen LogP contribution < -0.4 is 14.8 Å². The number of ether oxygens (including phenoxy) is 2. The average Bonchev–Trinajstić information content (AvgIpc) is 2.53. The molecule has 0 spiro atoms. The van der Waals surface area contributed by atoms with E-state index < -0.39 is 0 Å². The molecule has 5 nitrogen and oxygen atoms in total. The quantitative estimate of drug-likeness (QED) is 0.837. The number of hydrogen-bond donors (Lipinski definition) is 1. The second kappa shape index (κ2) is 7.68. The van der Waals surface area contributed by atoms with E-state index in [0.29, 0.717) is 26.2 Å². The minimum Gasteiger partial charge on any atom is -0.486 e. The van der Waals surface area contributed by atoms with Crippen LogP contribution in [0.3, 0.4) is 0 Å². The van der Waals surface area contributed by atoms with Gasteiger partial charge in [0.15, 0.2) is 11.5 Å². The lowest BCUT2D eigenvalue weighted by Crippen LogP contribution is -2.48. The summed E-state index contributed by atoms with van der Waals surface area (Å²) in [7, 11) is 4.04. The van der Waals surface area contributed by atoms with Crippen molar-refractivity contribution < 1.29 is 14.3 Å². The first kappa shape index (κ1) is 17.6. The first-order chi connectivity index (χ1) is 10.9. The van der Waals surface area contributed by atoms with Gasteiger partial charge in [-0.25, -0.2) is 0 Å². The van der Waals surface area contributed by atoms with E-state index in [4.69, 9.17) is 9.47 Å². The fraction of sp³-hybridized carbons (Fsp3) is 0.611. The van der Waals surface area contributed by atoms with Gasteiger partial charge in [-0.05, 0) is 58.5 Å². The van der Waals surface area contributed by atoms with E-state index in [1.165, 1.54) is 5.56 Å². The third-order valence-corrected chi connectivity index (χ3v) is 4.40. The molecule has 5 heteroatoms. The second-order valence-corrected chi connectivity index (χ2v) is 6.82. The molecular formula is C18H28N2O3. The summed E-state index contributed by atoms with van der Waals surface area (Å²) in [6.45, 7) is 6.09. The van der Waals surface area contributed by atoms with E-state index in [-0.39, 0.29) is 11.4 Å². The molecule has 0 saturated carbocycles. The Morgan fingerprint density at radius 2 is 1.91 bits per heavy atom. The number of carbonyl (C=O) groups excluding carboxylic acids is 1. The maximum Gasteiger partial charge on any atom is 0.220 e. The number of fused-ring (bicyclic) bond motifs is 1. The van der Waals surface area contributed by atoms with Crippen LogP contribution >= 0.6 is 0 Å². The minimum atomic E-state index is -0.0362. The Bertz CT molecular complexity index is 541. The molecule has 0 aliphatic carbocycles. The number of benzene rings is 1. The zero-order chi connectivity index (χ0) is 16.9. The molecule has 128 valence electrons. The van der Waals surface area contributed by atoms with E-state index in [1.54, 1.807) is 0 Å². The monoisotopic (exact) mass is 320 g/mol. The van der Waals surface area contributed by atoms with E-state index in [0.717, 1.165) is 24.3 Å². The molecule has 1 aliphatic heterocycles. The molecular weight excluding hydrogens is 292 g/mol. The van der Waals surface area contributed by atoms with Gasteiger partial charge in [-0.2, -0.15) is 0 Å². The number of aryl methyl sites for hydroxylation is 1. The van der Waals surface area contributed by atoms with Gasteiger partial charge in [-0.3, -0.25) is 4.79 Å². The van der Waals surface area contributed by atoms with Crippen molar-refractivity contribution in [1.82, 2.24) is 10.2 Å². The number of nitrogens with zero attached hydrogens (tertiary/aromatic N) is 1. The molecule has 0 bridgehead atoms. The van der Waals surface area contributed by atoms with Crippen LogP contribution in [-0.4, -0.2) is 50.2 Å². The second-order valence-electron chi connectivity index (χ2n) is 6.82. The molecule has 1 aliphatic rings. The van der Waals surface area contributed by atoms with Gasteiger partial charge in [-0.1, -0.05) is 6.07 Å². The van der Waals surface area contributed by atoms with Gasteiger partial charge in [-0.15, -0.1) is 0 Å². The van der Waals surface area contributed by atoms with Gasteiger partial charge in [0.05, 0.1) is 0 Å². The van der Waals surface area contributed by atoms with Crippen molar-refractivity contribution in [2.45, 2.75) is 38.6 Å². The summed E-state index contributed by atoms with van der Waals surface area (Å²) >= 11 is 0. The maximum atomic E-state index is 12.0. The van der Waals surface area contributed by atoms with Gasteiger partial charge >= 0.3 is 0 Å². The van der Waals surface area contributed by atoms with E-state index >= 15 is 0 Å². The Balaban J connectivity index is 1.73. The highest BCUT2D eigenvalue weighted by Gasteiger charge is 2.20. The lowest BCUT2D eigenvalue weighted by atomic mass is 10.0. The maximum absolute atomic E-state index is 12.0. The van der Waals surface area contributed by atoms with Crippen molar-refractivity contribution in [3.05, 3.63) is 23.8 Å². The van der Waals surface area contributed by atoms with Crippen LogP contribution in [0.5, 0.6) is 11.5 Å². The van der Waals surface area contributed by atoms with E-state index in [1.807, 2.05) is 32.3 Å². The van der Waals surface area contributed by atoms with E-state index in [2.05, 4.69) is 24.1 Å². The summed E-state index contributed by atoms with van der Waals surface area (Å²) in [4.78, 5) is 14.1. The molecule has 0 saturated heterocycles. The topological polar surface area (TPSA) is 50.8 Å². The van der Waals surface area contributed by atoms with Crippen LogP contribution in [0.15, 0.2) is 18.2 Å². The lowest BCUT2D eigenvalue weighted by Gasteiger charge is -2.32. The number of nitrogens with one attached hydrogen (secondary N) is 1. The summed E-state index contributed by atoms with van der Waals surface area (Å²) in [5.41, 5.74) is 1.14. The van der Waals surface area contributed by atoms with Crippen molar-refractivity contribution in [3.63, 3.8) is 0 Å². The van der Waals surface area contributed by atoms with Crippen molar-refractivity contribution in [3.8, 4) is 11.5 Å². The Morgan fingerprint density at radius 3 is 2.61 bits per heavy atom. The van der Waals surface area contributed by atoms with E-state index in [9.17, 15) is 4.79 Å². The zero-order valence-corrected chi connectivity index (χ0v) is 14.6. The lowest BCUT2D eigenvalue weighted by molar-refractivity contribution is -0.121. The zero-order valence-electron chi connectivity index (χ0n) is 14.6. The molecule has 0 atom stereocenters. The first-order valence-corrected chi connectivity index (χ1v) is 8.21. The predicted octanol–water partition coefficient (Wildman–Crippen LogP) is 2.24. The number of rotatable bonds is 7. The van der Waals surface area contributed by atoms with Crippen LogP contribution in [0.1, 0.15) is 32.3 Å². The van der Waals surface area contributed by atoms with Crippen molar-refractivity contribution in [2.24, 2.45) is 0 Å². The average molecular weight is 320 g/mol. The van der Waals surface area contributed by atoms with Gasteiger partial charge in [0.2, 0.25) is 5.91 Å². The first-order valence-electron chi connectivity index (χ1n) is 8.21. The highest BCUT2D eigenvalue weighted by Crippen LogP contribution is 2.31. The van der Waals surface area contributed by atoms with Gasteiger partial charge in [0, 0.05) is 18.5 Å². The Labute approximate surface area is 139 Å². The predicted molar refractivity (Wildman–Crippen MR) is 91.1 cm³/mol. The van der Waals surface area contributed by atoms with Crippen molar-refractivity contribution in [1.29, 1.82) is 0 Å². The van der Waals surface area contributed by atoms with Crippen molar-refractivity contribution >= 4 is 5.91 Å². The van der Waals surface area contributed by atoms with Gasteiger partial charge in [0.1, 0.15) is 13.2 Å². The van der Waals surface area contributed by atoms with Crippen LogP contribution in [-0.2, 0) is 11.2 Å². The number of amides is 1. The molecule has 0 radical (unpaired) electrons. The van der Waals surface area contributed by atoms with Crippen molar-refractivity contribution in [2.75, 3.05) is 33.9 Å². The SMILES string of the molecule is CN(C)C(C)(C)CNC(=O)CCCc1ccc2c(c1)OCCO2. The summed E-state index contributed by atoms with van der Waals surface area (Å²) in [5, 5.41) is 3.02. The normalized spacial score (nSPS) is 14.0. The number of likely N-dealkylation sites (N-methyl/N-ethyl adjacent to an activating group) is 1. The molecule has 0 fully saturated rings. The van der Waals surface area contributed by atoms with Crippen LogP contribution in [0.4, 0.5) is 0 Å². The van der Waals surface area contributed by atoms with Gasteiger partial charge in [0.25, 0.3) is 0 Å². The van der Waals surface area contributed by atoms with Crippen LogP contribution in [0.2, 0.25) is 0 Å². The molecule has 1 heterocycles. The molecule has 23 heavy (non-hydrogen) atoms. The minimum absolute atomic E-state index is 0.0362. The highest BCUT2D eigenvalue weighted by molar-refractivity contribution is 5.75. The molecule has 0 aromatic heterocycles. The fourth-order valence-electron chi connectivity index (χ4n) is 2.26. The molecule has 0 unspecified atom stereocenters. The Morgan fingerprint density at radius 1 is 1.22 bits per heavy atom. The number of carbonyl (C=O) groups is 1. The summed E-state index contributed by atoms with van der Waals surface area (Å²) in [6.07, 6.45) is 2.23. The molecule has 1 amide bonds. The Kier molecular flexibility index (Phi) is 5.88. The summed E-state index contributed by atoms with van der Waals surface area (Å²) in [5.74, 6) is 1.73. The van der Waals surface area contributed by atoms with Crippen LogP contribution in [0.25, 0.3) is 0 Å². The smallest absolute Gasteiger partial charge is 0.220 e. The Hall–Kier alpha value is -1.75. The largest absolute Gasteiger partial charge is 0.486 e. The molecule has 1 aromatic carbocycles. The summed E-state index contributed by atoms with van der Waals surface area (Å²) < 4.78 is 11.1. The standard InChI is InChI=1S/C18H28N2O3/c1-18(2,20(3)4)13-19-17(21)7-5-6-14-8-9-15-16(12-14)23-11-10-22-15/h8-9,12H,5-7,10-11,13H2,1-4H3,(H,19,21). The highest BCUT2D eigenvalue weighted by atomic mass is 16.6. The molecule has 1 aromatic rings.